The van der Waals surface area contributed by atoms with E-state index in [9.17, 15) is 13.2 Å². The van der Waals surface area contributed by atoms with Gasteiger partial charge in [-0.3, -0.25) is 4.79 Å². The summed E-state index contributed by atoms with van der Waals surface area (Å²) in [5, 5.41) is 2.86. The summed E-state index contributed by atoms with van der Waals surface area (Å²) < 4.78 is 25.0. The Bertz CT molecular complexity index is 551. The van der Waals surface area contributed by atoms with Crippen LogP contribution in [0.5, 0.6) is 0 Å². The molecule has 0 aliphatic carbocycles. The summed E-state index contributed by atoms with van der Waals surface area (Å²) in [6.45, 7) is 2.80. The highest BCUT2D eigenvalue weighted by atomic mass is 32.2. The van der Waals surface area contributed by atoms with Crippen LogP contribution in [0, 0.1) is 0 Å². The van der Waals surface area contributed by atoms with Crippen molar-refractivity contribution in [2.75, 3.05) is 20.6 Å². The molecule has 0 spiro atoms. The molecule has 1 aromatic rings. The minimum absolute atomic E-state index is 0.0356. The number of hydrogen-bond donors (Lipinski definition) is 1. The van der Waals surface area contributed by atoms with Crippen LogP contribution in [0.1, 0.15) is 31.7 Å². The van der Waals surface area contributed by atoms with Crippen molar-refractivity contribution < 1.29 is 13.2 Å². The van der Waals surface area contributed by atoms with Crippen LogP contribution in [0.3, 0.4) is 0 Å². The molecule has 1 rings (SSSR count). The van der Waals surface area contributed by atoms with Crippen LogP contribution in [-0.4, -0.2) is 39.3 Å². The van der Waals surface area contributed by atoms with E-state index in [1.165, 1.54) is 18.4 Å². The molecule has 5 nitrogen and oxygen atoms in total. The van der Waals surface area contributed by atoms with Crippen molar-refractivity contribution >= 4 is 15.9 Å². The number of hydrogen-bond acceptors (Lipinski definition) is 3. The highest BCUT2D eigenvalue weighted by Gasteiger charge is 2.16. The molecular weight excluding hydrogens is 288 g/mol. The molecule has 1 amide bonds. The maximum absolute atomic E-state index is 11.9. The molecule has 0 aliphatic rings. The maximum Gasteiger partial charge on any atom is 0.242 e. The van der Waals surface area contributed by atoms with Gasteiger partial charge in [-0.05, 0) is 30.5 Å². The Hall–Kier alpha value is -1.40. The zero-order valence-electron chi connectivity index (χ0n) is 12.9. The van der Waals surface area contributed by atoms with E-state index in [0.717, 1.165) is 24.9 Å². The van der Waals surface area contributed by atoms with E-state index in [4.69, 9.17) is 0 Å². The van der Waals surface area contributed by atoms with Gasteiger partial charge in [-0.25, -0.2) is 12.7 Å². The molecule has 0 heterocycles. The molecule has 21 heavy (non-hydrogen) atoms. The van der Waals surface area contributed by atoms with Crippen LogP contribution in [0.25, 0.3) is 0 Å². The van der Waals surface area contributed by atoms with Crippen molar-refractivity contribution in [3.05, 3.63) is 29.8 Å². The summed E-state index contributed by atoms with van der Waals surface area (Å²) in [5.74, 6) is 0.0356. The summed E-state index contributed by atoms with van der Waals surface area (Å²) in [6, 6.07) is 6.69. The Morgan fingerprint density at radius 2 is 1.81 bits per heavy atom. The molecule has 0 aromatic heterocycles. The molecule has 0 radical (unpaired) electrons. The smallest absolute Gasteiger partial charge is 0.242 e. The Labute approximate surface area is 127 Å². The second kappa shape index (κ2) is 8.14. The summed E-state index contributed by atoms with van der Waals surface area (Å²) in [4.78, 5) is 11.9. The minimum atomic E-state index is -3.39. The van der Waals surface area contributed by atoms with E-state index in [1.54, 1.807) is 24.3 Å². The number of amides is 1. The molecule has 0 saturated carbocycles. The summed E-state index contributed by atoms with van der Waals surface area (Å²) in [7, 11) is -0.378. The lowest BCUT2D eigenvalue weighted by molar-refractivity contribution is -0.121. The quantitative estimate of drug-likeness (QED) is 0.744. The van der Waals surface area contributed by atoms with Crippen molar-refractivity contribution in [2.45, 2.75) is 37.5 Å². The molecule has 118 valence electrons. The van der Waals surface area contributed by atoms with Crippen LogP contribution in [0.2, 0.25) is 0 Å². The number of aryl methyl sites for hydroxylation is 1. The van der Waals surface area contributed by atoms with E-state index >= 15 is 0 Å². The van der Waals surface area contributed by atoms with Gasteiger partial charge in [0.15, 0.2) is 0 Å². The topological polar surface area (TPSA) is 66.5 Å². The first-order valence-corrected chi connectivity index (χ1v) is 8.60. The fourth-order valence-electron chi connectivity index (χ4n) is 1.79. The third-order valence-electron chi connectivity index (χ3n) is 3.20. The SMILES string of the molecule is CCCCNC(=O)CCc1ccc(S(=O)(=O)N(C)C)cc1. The summed E-state index contributed by atoms with van der Waals surface area (Å²) in [6.07, 6.45) is 3.08. The highest BCUT2D eigenvalue weighted by molar-refractivity contribution is 7.89. The second-order valence-corrected chi connectivity index (χ2v) is 7.29. The zero-order valence-corrected chi connectivity index (χ0v) is 13.7. The van der Waals surface area contributed by atoms with Gasteiger partial charge in [0.1, 0.15) is 0 Å². The average Bonchev–Trinajstić information content (AvgIpc) is 2.45. The van der Waals surface area contributed by atoms with Crippen LogP contribution in [-0.2, 0) is 21.2 Å². The van der Waals surface area contributed by atoms with Crippen LogP contribution in [0.4, 0.5) is 0 Å². The number of rotatable bonds is 8. The van der Waals surface area contributed by atoms with E-state index in [1.807, 2.05) is 0 Å². The van der Waals surface area contributed by atoms with E-state index in [0.29, 0.717) is 12.8 Å². The number of benzene rings is 1. The van der Waals surface area contributed by atoms with Crippen molar-refractivity contribution in [1.29, 1.82) is 0 Å². The van der Waals surface area contributed by atoms with Gasteiger partial charge in [0, 0.05) is 27.1 Å². The number of nitrogens with one attached hydrogen (secondary N) is 1. The zero-order chi connectivity index (χ0) is 15.9. The number of unbranched alkanes of at least 4 members (excludes halogenated alkanes) is 1. The van der Waals surface area contributed by atoms with Crippen LogP contribution < -0.4 is 5.32 Å². The van der Waals surface area contributed by atoms with Crippen LogP contribution in [0.15, 0.2) is 29.2 Å². The van der Waals surface area contributed by atoms with E-state index in [-0.39, 0.29) is 10.8 Å². The van der Waals surface area contributed by atoms with Crippen molar-refractivity contribution in [3.8, 4) is 0 Å². The molecule has 0 aliphatic heterocycles. The first-order valence-electron chi connectivity index (χ1n) is 7.16. The molecule has 0 atom stereocenters. The predicted molar refractivity (Wildman–Crippen MR) is 83.6 cm³/mol. The summed E-state index contributed by atoms with van der Waals surface area (Å²) >= 11 is 0. The second-order valence-electron chi connectivity index (χ2n) is 5.13. The van der Waals surface area contributed by atoms with Gasteiger partial charge in [-0.1, -0.05) is 25.5 Å². The van der Waals surface area contributed by atoms with E-state index < -0.39 is 10.0 Å². The van der Waals surface area contributed by atoms with E-state index in [2.05, 4.69) is 12.2 Å². The fourth-order valence-corrected chi connectivity index (χ4v) is 2.69. The van der Waals surface area contributed by atoms with Crippen LogP contribution >= 0.6 is 0 Å². The molecule has 1 aromatic carbocycles. The standard InChI is InChI=1S/C15H24N2O3S/c1-4-5-12-16-15(18)11-8-13-6-9-14(10-7-13)21(19,20)17(2)3/h6-7,9-10H,4-5,8,11-12H2,1-3H3,(H,16,18). The monoisotopic (exact) mass is 312 g/mol. The Morgan fingerprint density at radius 1 is 1.19 bits per heavy atom. The third kappa shape index (κ3) is 5.47. The lowest BCUT2D eigenvalue weighted by Gasteiger charge is -2.11. The third-order valence-corrected chi connectivity index (χ3v) is 5.02. The van der Waals surface area contributed by atoms with Gasteiger partial charge < -0.3 is 5.32 Å². The molecule has 0 bridgehead atoms. The number of sulfonamides is 1. The summed E-state index contributed by atoms with van der Waals surface area (Å²) in [5.41, 5.74) is 0.957. The number of carbonyl (C=O) groups excluding carboxylic acids is 1. The fraction of sp³-hybridized carbons (Fsp3) is 0.533. The minimum Gasteiger partial charge on any atom is -0.356 e. The maximum atomic E-state index is 11.9. The van der Waals surface area contributed by atoms with Crippen molar-refractivity contribution in [1.82, 2.24) is 9.62 Å². The van der Waals surface area contributed by atoms with Crippen molar-refractivity contribution in [3.63, 3.8) is 0 Å². The number of nitrogens with zero attached hydrogens (tertiary/aromatic N) is 1. The van der Waals surface area contributed by atoms with Crippen molar-refractivity contribution in [2.24, 2.45) is 0 Å². The highest BCUT2D eigenvalue weighted by Crippen LogP contribution is 2.14. The molecule has 1 N–H and O–H groups in total. The molecule has 6 heteroatoms. The Morgan fingerprint density at radius 3 is 2.33 bits per heavy atom. The van der Waals surface area contributed by atoms with Gasteiger partial charge in [-0.2, -0.15) is 0 Å². The molecule has 0 saturated heterocycles. The Balaban J connectivity index is 2.54. The van der Waals surface area contributed by atoms with Gasteiger partial charge >= 0.3 is 0 Å². The lowest BCUT2D eigenvalue weighted by atomic mass is 10.1. The Kier molecular flexibility index (Phi) is 6.84. The van der Waals surface area contributed by atoms with Gasteiger partial charge in [0.2, 0.25) is 15.9 Å². The number of carbonyl (C=O) groups is 1. The predicted octanol–water partition coefficient (Wildman–Crippen LogP) is 1.79. The molecule has 0 fully saturated rings. The van der Waals surface area contributed by atoms with Gasteiger partial charge in [0.05, 0.1) is 4.90 Å². The largest absolute Gasteiger partial charge is 0.356 e. The first kappa shape index (κ1) is 17.7. The van der Waals surface area contributed by atoms with Gasteiger partial charge in [0.25, 0.3) is 0 Å². The molecule has 0 unspecified atom stereocenters. The van der Waals surface area contributed by atoms with Gasteiger partial charge in [-0.15, -0.1) is 0 Å². The molecular formula is C15H24N2O3S. The first-order chi connectivity index (χ1) is 9.87. The average molecular weight is 312 g/mol. The lowest BCUT2D eigenvalue weighted by Crippen LogP contribution is -2.24. The normalized spacial score (nSPS) is 11.6.